The van der Waals surface area contributed by atoms with E-state index < -0.39 is 0 Å². The molecule has 3 aromatic rings. The first-order valence-electron chi connectivity index (χ1n) is 9.48. The SMILES string of the molecule is Cc1cc(-c2ccc(C(=O)N3CCC(c4nncn4C)CC3)cc2)cnc1N. The summed E-state index contributed by atoms with van der Waals surface area (Å²) in [5, 5.41) is 8.18. The van der Waals surface area contributed by atoms with Crippen molar-refractivity contribution >= 4 is 11.7 Å². The van der Waals surface area contributed by atoms with E-state index in [1.165, 1.54) is 0 Å². The van der Waals surface area contributed by atoms with Crippen molar-refractivity contribution in [3.05, 3.63) is 59.8 Å². The molecule has 1 aliphatic rings. The summed E-state index contributed by atoms with van der Waals surface area (Å²) in [5.74, 6) is 1.99. The smallest absolute Gasteiger partial charge is 0.253 e. The van der Waals surface area contributed by atoms with Gasteiger partial charge in [0.05, 0.1) is 0 Å². The van der Waals surface area contributed by atoms with Crippen molar-refractivity contribution in [2.45, 2.75) is 25.7 Å². The van der Waals surface area contributed by atoms with Gasteiger partial charge in [-0.25, -0.2) is 4.98 Å². The van der Waals surface area contributed by atoms with Crippen molar-refractivity contribution in [1.29, 1.82) is 0 Å². The predicted octanol–water partition coefficient (Wildman–Crippen LogP) is 2.79. The first-order chi connectivity index (χ1) is 13.5. The number of anilines is 1. The predicted molar refractivity (Wildman–Crippen MR) is 108 cm³/mol. The Balaban J connectivity index is 1.43. The van der Waals surface area contributed by atoms with Crippen molar-refractivity contribution < 1.29 is 4.79 Å². The fourth-order valence-corrected chi connectivity index (χ4v) is 3.73. The molecule has 0 spiro atoms. The van der Waals surface area contributed by atoms with E-state index in [2.05, 4.69) is 15.2 Å². The molecule has 144 valence electrons. The molecule has 2 aromatic heterocycles. The number of pyridine rings is 1. The number of hydrogen-bond donors (Lipinski definition) is 1. The lowest BCUT2D eigenvalue weighted by Crippen LogP contribution is -2.38. The average molecular weight is 376 g/mol. The number of likely N-dealkylation sites (tertiary alicyclic amines) is 1. The Morgan fingerprint density at radius 2 is 1.86 bits per heavy atom. The Kier molecular flexibility index (Phi) is 4.81. The van der Waals surface area contributed by atoms with Crippen LogP contribution in [-0.2, 0) is 7.05 Å². The van der Waals surface area contributed by atoms with Gasteiger partial charge in [0.15, 0.2) is 0 Å². The Bertz CT molecular complexity index is 986. The molecule has 0 saturated carbocycles. The summed E-state index contributed by atoms with van der Waals surface area (Å²) in [6.45, 7) is 3.41. The number of aryl methyl sites for hydroxylation is 2. The van der Waals surface area contributed by atoms with Crippen molar-refractivity contribution in [1.82, 2.24) is 24.6 Å². The monoisotopic (exact) mass is 376 g/mol. The van der Waals surface area contributed by atoms with Crippen LogP contribution in [0.1, 0.15) is 40.5 Å². The van der Waals surface area contributed by atoms with Gasteiger partial charge >= 0.3 is 0 Å². The highest BCUT2D eigenvalue weighted by molar-refractivity contribution is 5.94. The number of carbonyl (C=O) groups excluding carboxylic acids is 1. The Morgan fingerprint density at radius 1 is 1.14 bits per heavy atom. The van der Waals surface area contributed by atoms with Gasteiger partial charge in [0, 0.05) is 43.4 Å². The second kappa shape index (κ2) is 7.42. The minimum Gasteiger partial charge on any atom is -0.383 e. The van der Waals surface area contributed by atoms with Crippen molar-refractivity contribution in [2.75, 3.05) is 18.8 Å². The van der Waals surface area contributed by atoms with Crippen LogP contribution in [0.25, 0.3) is 11.1 Å². The van der Waals surface area contributed by atoms with E-state index in [1.54, 1.807) is 12.5 Å². The fraction of sp³-hybridized carbons (Fsp3) is 0.333. The third-order valence-corrected chi connectivity index (χ3v) is 5.48. The quantitative estimate of drug-likeness (QED) is 0.759. The highest BCUT2D eigenvalue weighted by Gasteiger charge is 2.26. The van der Waals surface area contributed by atoms with Crippen LogP contribution in [0, 0.1) is 6.92 Å². The van der Waals surface area contributed by atoms with Crippen molar-refractivity contribution in [3.63, 3.8) is 0 Å². The molecular formula is C21H24N6O. The number of hydrogen-bond acceptors (Lipinski definition) is 5. The molecular weight excluding hydrogens is 352 g/mol. The Labute approximate surface area is 164 Å². The highest BCUT2D eigenvalue weighted by atomic mass is 16.2. The van der Waals surface area contributed by atoms with Gasteiger partial charge in [0.1, 0.15) is 18.0 Å². The van der Waals surface area contributed by atoms with E-state index >= 15 is 0 Å². The summed E-state index contributed by atoms with van der Waals surface area (Å²) < 4.78 is 1.97. The molecule has 0 radical (unpaired) electrons. The fourth-order valence-electron chi connectivity index (χ4n) is 3.73. The van der Waals surface area contributed by atoms with Crippen LogP contribution >= 0.6 is 0 Å². The number of piperidine rings is 1. The number of nitrogens with two attached hydrogens (primary N) is 1. The van der Waals surface area contributed by atoms with E-state index in [0.717, 1.165) is 48.4 Å². The van der Waals surface area contributed by atoms with Crippen LogP contribution < -0.4 is 5.73 Å². The molecule has 1 amide bonds. The Morgan fingerprint density at radius 3 is 2.46 bits per heavy atom. The standard InChI is InChI=1S/C21H24N6O/c1-14-11-18(12-23-19(14)22)15-3-5-17(6-4-15)21(28)27-9-7-16(8-10-27)20-25-24-13-26(20)2/h3-6,11-13,16H,7-10H2,1-2H3,(H2,22,23). The summed E-state index contributed by atoms with van der Waals surface area (Å²) >= 11 is 0. The van der Waals surface area contributed by atoms with Gasteiger partial charge in [-0.1, -0.05) is 12.1 Å². The van der Waals surface area contributed by atoms with Crippen molar-refractivity contribution in [3.8, 4) is 11.1 Å². The van der Waals surface area contributed by atoms with E-state index in [4.69, 9.17) is 5.73 Å². The first-order valence-corrected chi connectivity index (χ1v) is 9.48. The normalized spacial score (nSPS) is 15.0. The zero-order valence-corrected chi connectivity index (χ0v) is 16.2. The van der Waals surface area contributed by atoms with E-state index in [-0.39, 0.29) is 5.91 Å². The zero-order chi connectivity index (χ0) is 19.7. The van der Waals surface area contributed by atoms with Crippen LogP contribution in [0.5, 0.6) is 0 Å². The Hall–Kier alpha value is -3.22. The van der Waals surface area contributed by atoms with Crippen LogP contribution in [-0.4, -0.2) is 43.6 Å². The summed E-state index contributed by atoms with van der Waals surface area (Å²) in [7, 11) is 1.96. The molecule has 1 aliphatic heterocycles. The molecule has 1 fully saturated rings. The number of benzene rings is 1. The maximum absolute atomic E-state index is 12.9. The second-order valence-corrected chi connectivity index (χ2v) is 7.37. The molecule has 2 N–H and O–H groups in total. The largest absolute Gasteiger partial charge is 0.383 e. The number of amides is 1. The third-order valence-electron chi connectivity index (χ3n) is 5.48. The van der Waals surface area contributed by atoms with Gasteiger partial charge in [0.2, 0.25) is 0 Å². The third kappa shape index (κ3) is 3.47. The van der Waals surface area contributed by atoms with Gasteiger partial charge in [-0.3, -0.25) is 4.79 Å². The number of aromatic nitrogens is 4. The van der Waals surface area contributed by atoms with E-state index in [0.29, 0.717) is 17.3 Å². The van der Waals surface area contributed by atoms with Gasteiger partial charge < -0.3 is 15.2 Å². The summed E-state index contributed by atoms with van der Waals surface area (Å²) in [5.41, 5.74) is 9.47. The maximum atomic E-state index is 12.9. The summed E-state index contributed by atoms with van der Waals surface area (Å²) in [4.78, 5) is 19.0. The first kappa shape index (κ1) is 18.2. The number of carbonyl (C=O) groups is 1. The summed E-state index contributed by atoms with van der Waals surface area (Å²) in [6, 6.07) is 9.71. The molecule has 1 aromatic carbocycles. The minimum absolute atomic E-state index is 0.0783. The van der Waals surface area contributed by atoms with Gasteiger partial charge in [0.25, 0.3) is 5.91 Å². The lowest BCUT2D eigenvalue weighted by molar-refractivity contribution is 0.0710. The maximum Gasteiger partial charge on any atom is 0.253 e. The molecule has 0 unspecified atom stereocenters. The highest BCUT2D eigenvalue weighted by Crippen LogP contribution is 2.27. The molecule has 4 rings (SSSR count). The van der Waals surface area contributed by atoms with Gasteiger partial charge in [-0.05, 0) is 49.1 Å². The second-order valence-electron chi connectivity index (χ2n) is 7.37. The lowest BCUT2D eigenvalue weighted by atomic mass is 9.95. The topological polar surface area (TPSA) is 89.9 Å². The van der Waals surface area contributed by atoms with Gasteiger partial charge in [-0.15, -0.1) is 10.2 Å². The summed E-state index contributed by atoms with van der Waals surface area (Å²) in [6.07, 6.45) is 5.31. The molecule has 0 aliphatic carbocycles. The number of nitrogens with zero attached hydrogens (tertiary/aromatic N) is 5. The number of rotatable bonds is 3. The lowest BCUT2D eigenvalue weighted by Gasteiger charge is -2.31. The van der Waals surface area contributed by atoms with Crippen LogP contribution in [0.15, 0.2) is 42.9 Å². The minimum atomic E-state index is 0.0783. The molecule has 28 heavy (non-hydrogen) atoms. The van der Waals surface area contributed by atoms with Crippen LogP contribution in [0.3, 0.4) is 0 Å². The van der Waals surface area contributed by atoms with Crippen LogP contribution in [0.4, 0.5) is 5.82 Å². The molecule has 0 atom stereocenters. The average Bonchev–Trinajstić information content (AvgIpc) is 3.16. The molecule has 3 heterocycles. The van der Waals surface area contributed by atoms with Gasteiger partial charge in [-0.2, -0.15) is 0 Å². The molecule has 1 saturated heterocycles. The molecule has 0 bridgehead atoms. The van der Waals surface area contributed by atoms with Crippen LogP contribution in [0.2, 0.25) is 0 Å². The van der Waals surface area contributed by atoms with E-state index in [1.807, 2.05) is 53.8 Å². The zero-order valence-electron chi connectivity index (χ0n) is 16.2. The van der Waals surface area contributed by atoms with Crippen molar-refractivity contribution in [2.24, 2.45) is 7.05 Å². The molecule has 7 heteroatoms. The number of nitrogen functional groups attached to an aromatic ring is 1. The van der Waals surface area contributed by atoms with E-state index in [9.17, 15) is 4.79 Å². The molecule has 7 nitrogen and oxygen atoms in total.